The summed E-state index contributed by atoms with van der Waals surface area (Å²) in [5.74, 6) is 0. The van der Waals surface area contributed by atoms with E-state index < -0.39 is 0 Å². The number of urea groups is 1. The number of nitrogens with one attached hydrogen (secondary N) is 1. The van der Waals surface area contributed by atoms with Crippen molar-refractivity contribution in [2.45, 2.75) is 32.2 Å². The van der Waals surface area contributed by atoms with Gasteiger partial charge in [0.25, 0.3) is 0 Å². The van der Waals surface area contributed by atoms with Crippen molar-refractivity contribution in [3.05, 3.63) is 0 Å². The minimum Gasteiger partial charge on any atom is -0.351 e. The average molecular weight is 185 g/mol. The summed E-state index contributed by atoms with van der Waals surface area (Å²) in [7, 11) is 0. The van der Waals surface area contributed by atoms with Gasteiger partial charge < -0.3 is 16.0 Å². The van der Waals surface area contributed by atoms with Crippen molar-refractivity contribution in [3.63, 3.8) is 0 Å². The third kappa shape index (κ3) is 3.22. The van der Waals surface area contributed by atoms with Crippen LogP contribution in [0.1, 0.15) is 26.2 Å². The van der Waals surface area contributed by atoms with Crippen molar-refractivity contribution in [2.24, 2.45) is 5.73 Å². The number of amides is 2. The van der Waals surface area contributed by atoms with Crippen LogP contribution in [0.3, 0.4) is 0 Å². The summed E-state index contributed by atoms with van der Waals surface area (Å²) in [5.41, 5.74) is 5.22. The first-order valence-electron chi connectivity index (χ1n) is 5.01. The van der Waals surface area contributed by atoms with Crippen LogP contribution in [-0.4, -0.2) is 36.6 Å². The maximum absolute atomic E-state index is 10.9. The third-order valence-corrected chi connectivity index (χ3v) is 2.42. The van der Waals surface area contributed by atoms with E-state index in [-0.39, 0.29) is 6.03 Å². The van der Waals surface area contributed by atoms with Crippen LogP contribution in [-0.2, 0) is 0 Å². The first-order valence-corrected chi connectivity index (χ1v) is 5.01. The molecule has 1 unspecified atom stereocenters. The van der Waals surface area contributed by atoms with Gasteiger partial charge in [-0.1, -0.05) is 6.92 Å². The lowest BCUT2D eigenvalue weighted by molar-refractivity contribution is 0.182. The van der Waals surface area contributed by atoms with E-state index in [0.29, 0.717) is 6.04 Å². The minimum absolute atomic E-state index is 0.289. The Bertz CT molecular complexity index is 172. The highest BCUT2D eigenvalue weighted by Crippen LogP contribution is 2.09. The molecule has 3 N–H and O–H groups in total. The number of primary amides is 1. The Hall–Kier alpha value is -0.770. The Kier molecular flexibility index (Phi) is 4.02. The lowest BCUT2D eigenvalue weighted by Gasteiger charge is -2.32. The second-order valence-electron chi connectivity index (χ2n) is 3.58. The molecule has 0 aliphatic carbocycles. The molecule has 0 bridgehead atoms. The number of carbonyl (C=O) groups excluding carboxylic acids is 1. The molecule has 0 aromatic rings. The van der Waals surface area contributed by atoms with Gasteiger partial charge in [0, 0.05) is 19.1 Å². The molecular formula is C9H19N3O. The average Bonchev–Trinajstić information content (AvgIpc) is 2.15. The molecule has 0 saturated carbocycles. The summed E-state index contributed by atoms with van der Waals surface area (Å²) in [4.78, 5) is 12.6. The van der Waals surface area contributed by atoms with E-state index in [1.54, 1.807) is 4.90 Å². The van der Waals surface area contributed by atoms with Crippen LogP contribution in [0.25, 0.3) is 0 Å². The van der Waals surface area contributed by atoms with Crippen LogP contribution < -0.4 is 11.1 Å². The van der Waals surface area contributed by atoms with E-state index in [9.17, 15) is 4.79 Å². The van der Waals surface area contributed by atoms with Gasteiger partial charge in [-0.25, -0.2) is 4.79 Å². The zero-order valence-corrected chi connectivity index (χ0v) is 8.25. The molecule has 1 aliphatic heterocycles. The molecule has 0 spiro atoms. The largest absolute Gasteiger partial charge is 0.351 e. The second kappa shape index (κ2) is 5.07. The molecule has 13 heavy (non-hydrogen) atoms. The van der Waals surface area contributed by atoms with Crippen LogP contribution in [0, 0.1) is 0 Å². The van der Waals surface area contributed by atoms with Gasteiger partial charge in [0.2, 0.25) is 0 Å². The molecule has 76 valence electrons. The number of hydrogen-bond donors (Lipinski definition) is 2. The molecule has 1 rings (SSSR count). The highest BCUT2D eigenvalue weighted by Gasteiger charge is 2.20. The number of rotatable bonds is 3. The van der Waals surface area contributed by atoms with Crippen LogP contribution in [0.4, 0.5) is 4.79 Å². The molecule has 2 amide bonds. The van der Waals surface area contributed by atoms with E-state index in [1.807, 2.05) is 0 Å². The van der Waals surface area contributed by atoms with E-state index in [0.717, 1.165) is 38.9 Å². The number of piperidine rings is 1. The summed E-state index contributed by atoms with van der Waals surface area (Å²) >= 11 is 0. The van der Waals surface area contributed by atoms with E-state index in [4.69, 9.17) is 5.73 Å². The van der Waals surface area contributed by atoms with Crippen molar-refractivity contribution in [1.29, 1.82) is 0 Å². The van der Waals surface area contributed by atoms with Gasteiger partial charge in [0.15, 0.2) is 0 Å². The standard InChI is InChI=1S/C9H19N3O/c1-2-5-11-8-4-3-6-12(7-8)9(10)13/h8,11H,2-7H2,1H3,(H2,10,13). The highest BCUT2D eigenvalue weighted by molar-refractivity contribution is 5.72. The van der Waals surface area contributed by atoms with Crippen molar-refractivity contribution in [1.82, 2.24) is 10.2 Å². The van der Waals surface area contributed by atoms with Crippen LogP contribution in [0.5, 0.6) is 0 Å². The zero-order chi connectivity index (χ0) is 9.68. The molecule has 1 aliphatic rings. The monoisotopic (exact) mass is 185 g/mol. The lowest BCUT2D eigenvalue weighted by Crippen LogP contribution is -2.49. The van der Waals surface area contributed by atoms with Gasteiger partial charge in [0.1, 0.15) is 0 Å². The number of nitrogens with zero attached hydrogens (tertiary/aromatic N) is 1. The van der Waals surface area contributed by atoms with Gasteiger partial charge in [0.05, 0.1) is 0 Å². The smallest absolute Gasteiger partial charge is 0.314 e. The third-order valence-electron chi connectivity index (χ3n) is 2.42. The second-order valence-corrected chi connectivity index (χ2v) is 3.58. The fourth-order valence-electron chi connectivity index (χ4n) is 1.69. The summed E-state index contributed by atoms with van der Waals surface area (Å²) in [6.07, 6.45) is 3.35. The molecule has 1 fully saturated rings. The number of hydrogen-bond acceptors (Lipinski definition) is 2. The van der Waals surface area contributed by atoms with Crippen molar-refractivity contribution in [2.75, 3.05) is 19.6 Å². The number of likely N-dealkylation sites (tertiary alicyclic amines) is 1. The predicted molar refractivity (Wildman–Crippen MR) is 52.5 cm³/mol. The van der Waals surface area contributed by atoms with E-state index in [1.165, 1.54) is 0 Å². The molecule has 1 saturated heterocycles. The molecule has 0 aromatic heterocycles. The summed E-state index contributed by atoms with van der Waals surface area (Å²) < 4.78 is 0. The molecular weight excluding hydrogens is 166 g/mol. The van der Waals surface area contributed by atoms with Crippen molar-refractivity contribution < 1.29 is 4.79 Å². The fraction of sp³-hybridized carbons (Fsp3) is 0.889. The summed E-state index contributed by atoms with van der Waals surface area (Å²) in [6, 6.07) is 0.157. The van der Waals surface area contributed by atoms with Gasteiger partial charge in [-0.15, -0.1) is 0 Å². The summed E-state index contributed by atoms with van der Waals surface area (Å²) in [5, 5.41) is 3.41. The Morgan fingerprint density at radius 2 is 2.46 bits per heavy atom. The Morgan fingerprint density at radius 1 is 1.69 bits per heavy atom. The van der Waals surface area contributed by atoms with Gasteiger partial charge in [-0.3, -0.25) is 0 Å². The zero-order valence-electron chi connectivity index (χ0n) is 8.25. The predicted octanol–water partition coefficient (Wildman–Crippen LogP) is 0.529. The topological polar surface area (TPSA) is 58.4 Å². The molecule has 4 heteroatoms. The van der Waals surface area contributed by atoms with Crippen LogP contribution in [0.2, 0.25) is 0 Å². The van der Waals surface area contributed by atoms with E-state index in [2.05, 4.69) is 12.2 Å². The first kappa shape index (κ1) is 10.3. The first-order chi connectivity index (χ1) is 6.24. The maximum Gasteiger partial charge on any atom is 0.314 e. The number of nitrogens with two attached hydrogens (primary N) is 1. The minimum atomic E-state index is -0.289. The maximum atomic E-state index is 10.9. The van der Waals surface area contributed by atoms with Gasteiger partial charge in [-0.05, 0) is 25.8 Å². The Labute approximate surface area is 79.5 Å². The van der Waals surface area contributed by atoms with Crippen LogP contribution >= 0.6 is 0 Å². The quantitative estimate of drug-likeness (QED) is 0.674. The SMILES string of the molecule is CCCNC1CCCN(C(N)=O)C1. The summed E-state index contributed by atoms with van der Waals surface area (Å²) in [6.45, 7) is 4.76. The molecule has 1 atom stereocenters. The normalized spacial score (nSPS) is 23.2. The lowest BCUT2D eigenvalue weighted by atomic mass is 10.1. The number of carbonyl (C=O) groups is 1. The van der Waals surface area contributed by atoms with Gasteiger partial charge in [-0.2, -0.15) is 0 Å². The van der Waals surface area contributed by atoms with Crippen molar-refractivity contribution in [3.8, 4) is 0 Å². The molecule has 0 aromatic carbocycles. The van der Waals surface area contributed by atoms with Crippen molar-refractivity contribution >= 4 is 6.03 Å². The van der Waals surface area contributed by atoms with Gasteiger partial charge >= 0.3 is 6.03 Å². The fourth-order valence-corrected chi connectivity index (χ4v) is 1.69. The highest BCUT2D eigenvalue weighted by atomic mass is 16.2. The Morgan fingerprint density at radius 3 is 3.08 bits per heavy atom. The van der Waals surface area contributed by atoms with E-state index >= 15 is 0 Å². The molecule has 4 nitrogen and oxygen atoms in total. The molecule has 1 heterocycles. The van der Waals surface area contributed by atoms with Crippen LogP contribution in [0.15, 0.2) is 0 Å². The molecule has 0 radical (unpaired) electrons. The Balaban J connectivity index is 2.29.